The van der Waals surface area contributed by atoms with Crippen LogP contribution < -0.4 is 14.7 Å². The maximum absolute atomic E-state index is 13.0. The molecule has 15 rings (SSSR count). The normalized spacial score (nSPS) is 21.6. The van der Waals surface area contributed by atoms with Crippen molar-refractivity contribution in [2.75, 3.05) is 127 Å². The van der Waals surface area contributed by atoms with Gasteiger partial charge in [-0.25, -0.2) is 43.9 Å². The molecule has 30 heteroatoms. The monoisotopic (exact) mass is 1590 g/mol. The molecule has 0 bridgehead atoms. The lowest BCUT2D eigenvalue weighted by Gasteiger charge is -2.49. The maximum atomic E-state index is 13.0. The van der Waals surface area contributed by atoms with E-state index in [0.717, 1.165) is 140 Å². The zero-order valence-corrected chi connectivity index (χ0v) is 66.7. The fraction of sp³-hybridized carbons (Fsp3) is 0.532. The molecule has 0 radical (unpaired) electrons. The highest BCUT2D eigenvalue weighted by Gasteiger charge is 2.44. The molecular weight excluding hydrogens is 1500 g/mol. The molecule has 109 heavy (non-hydrogen) atoms. The predicted molar refractivity (Wildman–Crippen MR) is 426 cm³/mol. The summed E-state index contributed by atoms with van der Waals surface area (Å²) < 4.78 is 5.50. The molecule has 1 N–H and O–H groups in total. The van der Waals surface area contributed by atoms with E-state index in [2.05, 4.69) is 59.6 Å². The molecule has 6 saturated heterocycles. The van der Waals surface area contributed by atoms with Crippen LogP contribution >= 0.6 is 69.6 Å². The molecule has 570 valence electrons. The molecule has 0 aliphatic carbocycles. The van der Waals surface area contributed by atoms with Crippen LogP contribution in [0, 0.1) is 81.3 Å². The number of hydrogen-bond donors (Lipinski definition) is 1. The first-order chi connectivity index (χ1) is 52.5. The molecule has 6 aromatic heterocycles. The number of β-amino-alcohol motifs (C(OH)–C–C–N with tert-alkyl or cyclic N) is 1. The quantitative estimate of drug-likeness (QED) is 0.0589. The SMILES string of the molecule is CCCN1CC(CC(c2ccc(Cl)cc2Cl)n2nc(C#N)c3ncc(N4CC(C5CCCN(CC(C)(C)O)C5)C4)nc32)CC(C2CN(c3cnc4c(C#N)nn(C(CC5CC(C6CN(c7cnc8c(C#N)nn(C(C)c9ccc(Cl)cc9Cl)c8n7)C6)CN(CCCC(=O)N(C)C)C5)c5ccc(Cl)cc5Cl)c4n3)C2)C1. The molecule has 3 aromatic carbocycles. The smallest absolute Gasteiger partial charge is 0.222 e. The summed E-state index contributed by atoms with van der Waals surface area (Å²) >= 11 is 40.8. The number of piperidine rings is 3. The van der Waals surface area contributed by atoms with Crippen LogP contribution in [0.3, 0.4) is 0 Å². The number of fused-ring (bicyclic) bond motifs is 3. The van der Waals surface area contributed by atoms with Gasteiger partial charge in [0.15, 0.2) is 34.0 Å². The number of amides is 1. The van der Waals surface area contributed by atoms with Crippen molar-refractivity contribution in [2.24, 2.45) is 47.3 Å². The third-order valence-corrected chi connectivity index (χ3v) is 25.4. The summed E-state index contributed by atoms with van der Waals surface area (Å²) in [6.45, 7) is 20.4. The van der Waals surface area contributed by atoms with E-state index in [0.29, 0.717) is 137 Å². The number of carbonyl (C=O) groups excluding carboxylic acids is 1. The van der Waals surface area contributed by atoms with Crippen molar-refractivity contribution < 1.29 is 9.90 Å². The molecule has 0 spiro atoms. The predicted octanol–water partition coefficient (Wildman–Crippen LogP) is 13.6. The first-order valence-electron chi connectivity index (χ1n) is 38.1. The van der Waals surface area contributed by atoms with Crippen molar-refractivity contribution in [3.8, 4) is 18.2 Å². The Balaban J connectivity index is 0.672. The van der Waals surface area contributed by atoms with Crippen LogP contribution in [0.4, 0.5) is 17.5 Å². The number of likely N-dealkylation sites (tertiary alicyclic amines) is 3. The van der Waals surface area contributed by atoms with Crippen molar-refractivity contribution in [3.63, 3.8) is 0 Å². The second-order valence-electron chi connectivity index (χ2n) is 32.2. The van der Waals surface area contributed by atoms with Gasteiger partial charge in [0.1, 0.15) is 52.2 Å². The number of nitrogens with zero attached hydrogens (tertiary/aromatic N) is 22. The Morgan fingerprint density at radius 3 is 1.37 bits per heavy atom. The lowest BCUT2D eigenvalue weighted by Crippen LogP contribution is -2.55. The number of hydrogen-bond acceptors (Lipinski definition) is 20. The molecule has 6 aliphatic heterocycles. The van der Waals surface area contributed by atoms with Crippen LogP contribution in [0.25, 0.3) is 33.5 Å². The summed E-state index contributed by atoms with van der Waals surface area (Å²) in [5, 5.41) is 60.0. The van der Waals surface area contributed by atoms with Crippen LogP contribution in [0.2, 0.25) is 30.1 Å². The van der Waals surface area contributed by atoms with E-state index in [9.17, 15) is 25.7 Å². The lowest BCUT2D eigenvalue weighted by atomic mass is 9.75. The van der Waals surface area contributed by atoms with Crippen molar-refractivity contribution in [3.05, 3.63) is 137 Å². The van der Waals surface area contributed by atoms with Gasteiger partial charge in [0.25, 0.3) is 0 Å². The minimum atomic E-state index is -0.744. The van der Waals surface area contributed by atoms with Crippen molar-refractivity contribution in [1.82, 2.24) is 78.8 Å². The molecule has 8 unspecified atom stereocenters. The number of nitriles is 3. The summed E-state index contributed by atoms with van der Waals surface area (Å²) in [7, 11) is 3.59. The molecule has 6 aliphatic rings. The van der Waals surface area contributed by atoms with E-state index in [1.165, 1.54) is 6.42 Å². The third-order valence-electron chi connectivity index (χ3n) is 23.7. The van der Waals surface area contributed by atoms with E-state index in [1.807, 2.05) is 60.5 Å². The Labute approximate surface area is 665 Å². The number of halogens is 6. The van der Waals surface area contributed by atoms with E-state index >= 15 is 0 Å². The Morgan fingerprint density at radius 1 is 0.550 bits per heavy atom. The molecule has 1 amide bonds. The Hall–Kier alpha value is -7.77. The zero-order valence-electron chi connectivity index (χ0n) is 62.2. The van der Waals surface area contributed by atoms with Crippen molar-refractivity contribution in [2.45, 2.75) is 109 Å². The number of anilines is 3. The minimum Gasteiger partial charge on any atom is -0.389 e. The second kappa shape index (κ2) is 32.1. The van der Waals surface area contributed by atoms with Gasteiger partial charge in [0.2, 0.25) is 5.91 Å². The molecule has 24 nitrogen and oxygen atoms in total. The summed E-state index contributed by atoms with van der Waals surface area (Å²) in [5.74, 6) is 4.81. The summed E-state index contributed by atoms with van der Waals surface area (Å²) in [6, 6.07) is 22.2. The average Bonchev–Trinajstić information content (AvgIpc) is 1.72. The molecule has 6 fully saturated rings. The van der Waals surface area contributed by atoms with Gasteiger partial charge in [0, 0.05) is 129 Å². The Morgan fingerprint density at radius 2 is 0.954 bits per heavy atom. The molecule has 9 aromatic rings. The Kier molecular flexibility index (Phi) is 22.6. The highest BCUT2D eigenvalue weighted by Crippen LogP contribution is 2.46. The van der Waals surface area contributed by atoms with Gasteiger partial charge < -0.3 is 39.4 Å². The molecular formula is C79H90Cl6N22O2. The zero-order chi connectivity index (χ0) is 76.3. The van der Waals surface area contributed by atoms with Gasteiger partial charge in [0.05, 0.1) is 42.3 Å². The summed E-state index contributed by atoms with van der Waals surface area (Å²) in [6.07, 6.45) is 12.8. The van der Waals surface area contributed by atoms with Crippen LogP contribution in [0.15, 0.2) is 73.2 Å². The van der Waals surface area contributed by atoms with Crippen LogP contribution in [0.1, 0.15) is 137 Å². The lowest BCUT2D eigenvalue weighted by molar-refractivity contribution is -0.128. The number of aliphatic hydroxyl groups is 1. The number of rotatable bonds is 24. The van der Waals surface area contributed by atoms with Crippen LogP contribution in [0.5, 0.6) is 0 Å². The van der Waals surface area contributed by atoms with E-state index in [1.54, 1.807) is 66.5 Å². The van der Waals surface area contributed by atoms with Crippen LogP contribution in [-0.4, -0.2) is 208 Å². The standard InChI is InChI=1S/C79H90Cl6N22O2/c1-7-18-99-34-47(23-67(59-16-13-56(81)26-62(59)84)106-77-74(65(29-87)96-106)90-32-70(93-77)102-39-52(40-102)49-10-8-20-101(36-49)45-79(3,4)109)21-50(37-99)53-41-104(42-53)71-33-91-75-66(30-88)97-107(78(75)94-71)68(60-17-14-57(82)27-63(60)85)24-48-22-51(38-100(35-48)19-9-11-72(108)98(5)6)54-43-103(44-54)69-31-89-73-64(28-86)95-105(76(73)92-69)46(2)58-15-12-55(80)25-61(58)83/h12-17,25-27,31-33,46-54,67-68,109H,7-11,18-24,34-45H2,1-6H3. The third kappa shape index (κ3) is 16.2. The number of carbonyl (C=O) groups is 1. The van der Waals surface area contributed by atoms with Gasteiger partial charge in [-0.15, -0.1) is 0 Å². The van der Waals surface area contributed by atoms with E-state index in [-0.39, 0.29) is 46.8 Å². The minimum absolute atomic E-state index is 0.0891. The van der Waals surface area contributed by atoms with Gasteiger partial charge in [-0.1, -0.05) is 94.7 Å². The average molecular weight is 1590 g/mol. The van der Waals surface area contributed by atoms with Gasteiger partial charge in [-0.3, -0.25) is 4.79 Å². The molecule has 12 heterocycles. The van der Waals surface area contributed by atoms with Crippen molar-refractivity contribution in [1.29, 1.82) is 15.8 Å². The largest absolute Gasteiger partial charge is 0.389 e. The fourth-order valence-electron chi connectivity index (χ4n) is 18.2. The van der Waals surface area contributed by atoms with E-state index < -0.39 is 17.7 Å². The molecule has 8 atom stereocenters. The topological polar surface area (TPSA) is 262 Å². The van der Waals surface area contributed by atoms with Crippen LogP contribution in [-0.2, 0) is 4.79 Å². The highest BCUT2D eigenvalue weighted by atomic mass is 35.5. The van der Waals surface area contributed by atoms with Crippen molar-refractivity contribution >= 4 is 126 Å². The highest BCUT2D eigenvalue weighted by molar-refractivity contribution is 6.36. The number of aromatic nitrogens is 12. The van der Waals surface area contributed by atoms with Gasteiger partial charge in [-0.2, -0.15) is 31.1 Å². The Bertz CT molecular complexity index is 5000. The number of benzene rings is 3. The fourth-order valence-corrected chi connectivity index (χ4v) is 19.8. The van der Waals surface area contributed by atoms with Gasteiger partial charge in [-0.05, 0) is 192 Å². The first kappa shape index (κ1) is 76.6. The van der Waals surface area contributed by atoms with E-state index in [4.69, 9.17) is 110 Å². The van der Waals surface area contributed by atoms with Gasteiger partial charge >= 0.3 is 0 Å². The second-order valence-corrected chi connectivity index (χ2v) is 34.7. The molecule has 0 saturated carbocycles. The summed E-state index contributed by atoms with van der Waals surface area (Å²) in [4.78, 5) is 59.5. The first-order valence-corrected chi connectivity index (χ1v) is 40.4. The summed E-state index contributed by atoms with van der Waals surface area (Å²) in [5.41, 5.74) is 5.06. The maximum Gasteiger partial charge on any atom is 0.222 e.